The minimum Gasteiger partial charge on any atom is -0.453 e. The van der Waals surface area contributed by atoms with Gasteiger partial charge in [-0.2, -0.15) is 0 Å². The molecule has 1 heterocycles. The molecular formula is C20H20N4O3S. The minimum atomic E-state index is -0.528. The SMILES string of the molecule is COC(=O)Nc1ccc(CNC(=O)c2cnc(SC)n2-c2ccccc2)cc1. The van der Waals surface area contributed by atoms with Gasteiger partial charge in [0.25, 0.3) is 5.91 Å². The summed E-state index contributed by atoms with van der Waals surface area (Å²) in [6.07, 6.45) is 2.98. The number of thioether (sulfide) groups is 1. The average Bonchev–Trinajstić information content (AvgIpc) is 3.18. The van der Waals surface area contributed by atoms with Crippen molar-refractivity contribution < 1.29 is 14.3 Å². The highest BCUT2D eigenvalue weighted by Crippen LogP contribution is 2.21. The Kier molecular flexibility index (Phi) is 6.33. The maximum atomic E-state index is 12.7. The first kappa shape index (κ1) is 19.5. The molecule has 0 aliphatic heterocycles. The Morgan fingerprint density at radius 3 is 2.46 bits per heavy atom. The van der Waals surface area contributed by atoms with Crippen LogP contribution in [-0.2, 0) is 11.3 Å². The molecule has 0 spiro atoms. The lowest BCUT2D eigenvalue weighted by molar-refractivity contribution is 0.0943. The topological polar surface area (TPSA) is 85.2 Å². The van der Waals surface area contributed by atoms with Gasteiger partial charge in [0.15, 0.2) is 5.16 Å². The molecule has 0 aliphatic rings. The lowest BCUT2D eigenvalue weighted by atomic mass is 10.2. The number of nitrogens with zero attached hydrogens (tertiary/aromatic N) is 2. The number of hydrogen-bond acceptors (Lipinski definition) is 5. The van der Waals surface area contributed by atoms with E-state index in [0.29, 0.717) is 17.9 Å². The van der Waals surface area contributed by atoms with Crippen molar-refractivity contribution in [2.45, 2.75) is 11.7 Å². The third-order valence-electron chi connectivity index (χ3n) is 4.00. The van der Waals surface area contributed by atoms with E-state index < -0.39 is 6.09 Å². The van der Waals surface area contributed by atoms with Crippen molar-refractivity contribution in [1.29, 1.82) is 0 Å². The number of amides is 2. The molecule has 0 fully saturated rings. The largest absolute Gasteiger partial charge is 0.453 e. The van der Waals surface area contributed by atoms with E-state index in [9.17, 15) is 9.59 Å². The standard InChI is InChI=1S/C20H20N4O3S/c1-27-20(26)23-15-10-8-14(9-11-15)12-21-18(25)17-13-22-19(28-2)24(17)16-6-4-3-5-7-16/h3-11,13H,12H2,1-2H3,(H,21,25)(H,23,26). The molecule has 3 rings (SSSR count). The second-order valence-corrected chi connectivity index (χ2v) is 6.57. The molecule has 2 N–H and O–H groups in total. The lowest BCUT2D eigenvalue weighted by Crippen LogP contribution is -2.25. The molecule has 0 atom stereocenters. The van der Waals surface area contributed by atoms with Gasteiger partial charge in [-0.25, -0.2) is 9.78 Å². The molecule has 2 aromatic carbocycles. The maximum Gasteiger partial charge on any atom is 0.411 e. The van der Waals surface area contributed by atoms with Crippen LogP contribution >= 0.6 is 11.8 Å². The molecule has 28 heavy (non-hydrogen) atoms. The zero-order valence-electron chi connectivity index (χ0n) is 15.5. The molecule has 0 aliphatic carbocycles. The number of imidazole rings is 1. The molecule has 0 bridgehead atoms. The number of methoxy groups -OCH3 is 1. The molecule has 0 saturated carbocycles. The van der Waals surface area contributed by atoms with Crippen molar-refractivity contribution in [3.63, 3.8) is 0 Å². The molecule has 144 valence electrons. The van der Waals surface area contributed by atoms with Crippen LogP contribution in [0.3, 0.4) is 0 Å². The van der Waals surface area contributed by atoms with Crippen LogP contribution in [-0.4, -0.2) is 34.9 Å². The van der Waals surface area contributed by atoms with Gasteiger partial charge in [0.1, 0.15) is 5.69 Å². The molecule has 0 radical (unpaired) electrons. The summed E-state index contributed by atoms with van der Waals surface area (Å²) in [5.41, 5.74) is 2.88. The van der Waals surface area contributed by atoms with Gasteiger partial charge < -0.3 is 10.1 Å². The second kappa shape index (κ2) is 9.09. The lowest BCUT2D eigenvalue weighted by Gasteiger charge is -2.11. The first-order valence-electron chi connectivity index (χ1n) is 8.51. The number of rotatable bonds is 6. The van der Waals surface area contributed by atoms with E-state index >= 15 is 0 Å². The highest BCUT2D eigenvalue weighted by Gasteiger charge is 2.17. The Bertz CT molecular complexity index is 955. The first-order valence-corrected chi connectivity index (χ1v) is 9.74. The summed E-state index contributed by atoms with van der Waals surface area (Å²) in [6, 6.07) is 16.8. The number of ether oxygens (including phenoxy) is 1. The number of para-hydroxylation sites is 1. The monoisotopic (exact) mass is 396 g/mol. The summed E-state index contributed by atoms with van der Waals surface area (Å²) < 4.78 is 6.39. The van der Waals surface area contributed by atoms with Gasteiger partial charge in [-0.15, -0.1) is 0 Å². The third-order valence-corrected chi connectivity index (χ3v) is 4.65. The molecule has 1 aromatic heterocycles. The number of hydrogen-bond donors (Lipinski definition) is 2. The fourth-order valence-electron chi connectivity index (χ4n) is 2.61. The predicted octanol–water partition coefficient (Wildman–Crippen LogP) is 3.70. The third kappa shape index (κ3) is 4.52. The van der Waals surface area contributed by atoms with Crippen LogP contribution in [0.5, 0.6) is 0 Å². The fourth-order valence-corrected chi connectivity index (χ4v) is 3.16. The molecule has 2 amide bonds. The number of carbonyl (C=O) groups is 2. The van der Waals surface area contributed by atoms with Gasteiger partial charge >= 0.3 is 6.09 Å². The van der Waals surface area contributed by atoms with E-state index in [1.54, 1.807) is 18.3 Å². The van der Waals surface area contributed by atoms with Gasteiger partial charge in [0, 0.05) is 17.9 Å². The summed E-state index contributed by atoms with van der Waals surface area (Å²) in [7, 11) is 1.31. The quantitative estimate of drug-likeness (QED) is 0.621. The molecule has 3 aromatic rings. The summed E-state index contributed by atoms with van der Waals surface area (Å²) in [5.74, 6) is -0.214. The van der Waals surface area contributed by atoms with Crippen LogP contribution in [0.1, 0.15) is 16.1 Å². The van der Waals surface area contributed by atoms with Gasteiger partial charge in [0.05, 0.1) is 13.3 Å². The average molecular weight is 396 g/mol. The van der Waals surface area contributed by atoms with Crippen LogP contribution in [0, 0.1) is 0 Å². The van der Waals surface area contributed by atoms with E-state index in [4.69, 9.17) is 0 Å². The normalized spacial score (nSPS) is 10.4. The van der Waals surface area contributed by atoms with Gasteiger partial charge in [-0.05, 0) is 36.1 Å². The predicted molar refractivity (Wildman–Crippen MR) is 109 cm³/mol. The van der Waals surface area contributed by atoms with E-state index in [-0.39, 0.29) is 5.91 Å². The molecular weight excluding hydrogens is 376 g/mol. The van der Waals surface area contributed by atoms with Crippen LogP contribution in [0.25, 0.3) is 5.69 Å². The number of anilines is 1. The van der Waals surface area contributed by atoms with Gasteiger partial charge in [-0.3, -0.25) is 14.7 Å². The van der Waals surface area contributed by atoms with Crippen LogP contribution < -0.4 is 10.6 Å². The Balaban J connectivity index is 1.70. The van der Waals surface area contributed by atoms with Crippen molar-refractivity contribution in [2.24, 2.45) is 0 Å². The van der Waals surface area contributed by atoms with E-state index in [1.165, 1.54) is 18.9 Å². The van der Waals surface area contributed by atoms with E-state index in [1.807, 2.05) is 53.3 Å². The van der Waals surface area contributed by atoms with Crippen molar-refractivity contribution in [3.8, 4) is 5.69 Å². The van der Waals surface area contributed by atoms with E-state index in [0.717, 1.165) is 16.4 Å². The Morgan fingerprint density at radius 2 is 1.82 bits per heavy atom. The Hall–Kier alpha value is -3.26. The molecule has 8 heteroatoms. The summed E-state index contributed by atoms with van der Waals surface area (Å²) in [6.45, 7) is 0.353. The zero-order chi connectivity index (χ0) is 19.9. The van der Waals surface area contributed by atoms with Gasteiger partial charge in [0.2, 0.25) is 0 Å². The molecule has 7 nitrogen and oxygen atoms in total. The number of aromatic nitrogens is 2. The smallest absolute Gasteiger partial charge is 0.411 e. The summed E-state index contributed by atoms with van der Waals surface area (Å²) in [4.78, 5) is 28.3. The number of carbonyl (C=O) groups excluding carboxylic acids is 2. The molecule has 0 unspecified atom stereocenters. The summed E-state index contributed by atoms with van der Waals surface area (Å²) >= 11 is 1.48. The summed E-state index contributed by atoms with van der Waals surface area (Å²) in [5, 5.41) is 6.24. The van der Waals surface area contributed by atoms with Crippen molar-refractivity contribution in [1.82, 2.24) is 14.9 Å². The highest BCUT2D eigenvalue weighted by atomic mass is 32.2. The van der Waals surface area contributed by atoms with E-state index in [2.05, 4.69) is 20.4 Å². The van der Waals surface area contributed by atoms with Crippen LogP contribution in [0.15, 0.2) is 66.0 Å². The maximum absolute atomic E-state index is 12.7. The molecule has 0 saturated heterocycles. The Labute approximate surface area is 167 Å². The zero-order valence-corrected chi connectivity index (χ0v) is 16.3. The first-order chi connectivity index (χ1) is 13.6. The van der Waals surface area contributed by atoms with Crippen molar-refractivity contribution >= 4 is 29.4 Å². The Morgan fingerprint density at radius 1 is 1.11 bits per heavy atom. The highest BCUT2D eigenvalue weighted by molar-refractivity contribution is 7.98. The van der Waals surface area contributed by atoms with Crippen molar-refractivity contribution in [2.75, 3.05) is 18.7 Å². The second-order valence-electron chi connectivity index (χ2n) is 5.80. The minimum absolute atomic E-state index is 0.214. The number of nitrogens with one attached hydrogen (secondary N) is 2. The number of benzene rings is 2. The van der Waals surface area contributed by atoms with Crippen LogP contribution in [0.4, 0.5) is 10.5 Å². The van der Waals surface area contributed by atoms with Crippen molar-refractivity contribution in [3.05, 3.63) is 72.1 Å². The van der Waals surface area contributed by atoms with Gasteiger partial charge in [-0.1, -0.05) is 42.1 Å². The van der Waals surface area contributed by atoms with Crippen LogP contribution in [0.2, 0.25) is 0 Å². The fraction of sp³-hybridized carbons (Fsp3) is 0.150.